The Kier molecular flexibility index (Phi) is 4.06. The lowest BCUT2D eigenvalue weighted by Gasteiger charge is -2.26. The Labute approximate surface area is 129 Å². The van der Waals surface area contributed by atoms with Gasteiger partial charge in [0.05, 0.1) is 10.1 Å². The minimum absolute atomic E-state index is 0.0830. The van der Waals surface area contributed by atoms with Gasteiger partial charge < -0.3 is 10.5 Å². The van der Waals surface area contributed by atoms with Crippen LogP contribution in [0.25, 0.3) is 0 Å². The summed E-state index contributed by atoms with van der Waals surface area (Å²) in [6.45, 7) is 0.401. The van der Waals surface area contributed by atoms with E-state index < -0.39 is 20.9 Å². The summed E-state index contributed by atoms with van der Waals surface area (Å²) in [5.41, 5.74) is 6.60. The molecule has 4 nitrogen and oxygen atoms in total. The minimum Gasteiger partial charge on any atom is -0.489 e. The summed E-state index contributed by atoms with van der Waals surface area (Å²) in [4.78, 5) is 0.160. The van der Waals surface area contributed by atoms with Crippen LogP contribution in [-0.4, -0.2) is 26.3 Å². The molecule has 118 valence electrons. The second-order valence-corrected chi connectivity index (χ2v) is 7.72. The summed E-state index contributed by atoms with van der Waals surface area (Å²) in [5.74, 6) is 0.0517. The highest BCUT2D eigenvalue weighted by Gasteiger charge is 2.29. The van der Waals surface area contributed by atoms with Crippen molar-refractivity contribution in [3.8, 4) is 5.75 Å². The number of allylic oxidation sites excluding steroid dienone is 3. The van der Waals surface area contributed by atoms with Gasteiger partial charge in [-0.15, -0.1) is 0 Å². The highest BCUT2D eigenvalue weighted by molar-refractivity contribution is 7.92. The molecule has 1 aromatic rings. The standard InChI is InChI=1S/C16H18FNO3S/c17-12-2-1-3-14(8-12)22(19,20)15-7-5-11-4-6-13(10-18)21-16(11)9-15/h1-2,5,7-9,13-14H,3-4,6,10,18H2/t13-,14?/m1/s1. The van der Waals surface area contributed by atoms with E-state index in [0.29, 0.717) is 12.3 Å². The zero-order valence-corrected chi connectivity index (χ0v) is 12.9. The van der Waals surface area contributed by atoms with E-state index in [9.17, 15) is 12.8 Å². The lowest BCUT2D eigenvalue weighted by molar-refractivity contribution is 0.181. The van der Waals surface area contributed by atoms with Crippen molar-refractivity contribution < 1.29 is 17.5 Å². The fraction of sp³-hybridized carbons (Fsp3) is 0.375. The van der Waals surface area contributed by atoms with Crippen LogP contribution in [0.3, 0.4) is 0 Å². The number of sulfone groups is 1. The third kappa shape index (κ3) is 2.80. The lowest BCUT2D eigenvalue weighted by Crippen LogP contribution is -2.30. The topological polar surface area (TPSA) is 69.4 Å². The van der Waals surface area contributed by atoms with Crippen LogP contribution in [0.1, 0.15) is 18.4 Å². The molecule has 3 rings (SSSR count). The van der Waals surface area contributed by atoms with Gasteiger partial charge in [-0.3, -0.25) is 0 Å². The van der Waals surface area contributed by atoms with Crippen molar-refractivity contribution in [2.24, 2.45) is 5.73 Å². The molecule has 1 aromatic carbocycles. The first-order chi connectivity index (χ1) is 10.5. The Balaban J connectivity index is 1.94. The molecule has 2 aliphatic rings. The molecule has 0 spiro atoms. The summed E-state index contributed by atoms with van der Waals surface area (Å²) in [5, 5.41) is -0.871. The summed E-state index contributed by atoms with van der Waals surface area (Å²) in [7, 11) is -3.63. The lowest BCUT2D eigenvalue weighted by atomic mass is 10.0. The maximum Gasteiger partial charge on any atom is 0.185 e. The Hall–Kier alpha value is -1.66. The first kappa shape index (κ1) is 15.2. The van der Waals surface area contributed by atoms with E-state index in [1.807, 2.05) is 0 Å². The van der Waals surface area contributed by atoms with E-state index in [-0.39, 0.29) is 17.4 Å². The van der Waals surface area contributed by atoms with Crippen molar-refractivity contribution in [3.63, 3.8) is 0 Å². The SMILES string of the molecule is NC[C@H]1CCc2ccc(S(=O)(=O)C3C=C(F)C=CC3)cc2O1. The highest BCUT2D eigenvalue weighted by Crippen LogP contribution is 2.32. The van der Waals surface area contributed by atoms with Crippen molar-refractivity contribution in [2.75, 3.05) is 6.54 Å². The molecular formula is C16H18FNO3S. The maximum atomic E-state index is 13.3. The molecule has 1 heterocycles. The van der Waals surface area contributed by atoms with Crippen LogP contribution in [0.2, 0.25) is 0 Å². The molecular weight excluding hydrogens is 305 g/mol. The van der Waals surface area contributed by atoms with Crippen molar-refractivity contribution in [1.82, 2.24) is 0 Å². The van der Waals surface area contributed by atoms with Gasteiger partial charge >= 0.3 is 0 Å². The van der Waals surface area contributed by atoms with Gasteiger partial charge in [0, 0.05) is 6.54 Å². The number of fused-ring (bicyclic) bond motifs is 1. The number of ether oxygens (including phenoxy) is 1. The van der Waals surface area contributed by atoms with Gasteiger partial charge in [0.2, 0.25) is 0 Å². The van der Waals surface area contributed by atoms with Crippen LogP contribution in [0.5, 0.6) is 5.75 Å². The third-order valence-electron chi connectivity index (χ3n) is 4.05. The van der Waals surface area contributed by atoms with E-state index in [1.165, 1.54) is 18.2 Å². The van der Waals surface area contributed by atoms with E-state index in [2.05, 4.69) is 0 Å². The van der Waals surface area contributed by atoms with Crippen molar-refractivity contribution >= 4 is 9.84 Å². The van der Waals surface area contributed by atoms with Crippen LogP contribution < -0.4 is 10.5 Å². The second-order valence-electron chi connectivity index (χ2n) is 5.56. The number of aryl methyl sites for hydroxylation is 1. The van der Waals surface area contributed by atoms with Crippen LogP contribution in [0.15, 0.2) is 47.1 Å². The third-order valence-corrected chi connectivity index (χ3v) is 6.09. The normalized spacial score (nSPS) is 24.4. The molecule has 0 saturated heterocycles. The number of halogens is 1. The quantitative estimate of drug-likeness (QED) is 0.926. The molecule has 0 amide bonds. The van der Waals surface area contributed by atoms with Crippen LogP contribution in [0, 0.1) is 0 Å². The summed E-state index contributed by atoms with van der Waals surface area (Å²) in [6, 6.07) is 4.88. The molecule has 2 atom stereocenters. The number of nitrogens with two attached hydrogens (primary N) is 1. The molecule has 1 unspecified atom stereocenters. The van der Waals surface area contributed by atoms with Gasteiger partial charge in [0.1, 0.15) is 17.7 Å². The average Bonchev–Trinajstić information content (AvgIpc) is 2.53. The molecule has 0 fully saturated rings. The zero-order chi connectivity index (χ0) is 15.7. The zero-order valence-electron chi connectivity index (χ0n) is 12.0. The van der Waals surface area contributed by atoms with Gasteiger partial charge in [-0.05, 0) is 49.1 Å². The van der Waals surface area contributed by atoms with Gasteiger partial charge in [-0.1, -0.05) is 12.1 Å². The predicted octanol–water partition coefficient (Wildman–Crippen LogP) is 2.29. The number of benzene rings is 1. The Morgan fingerprint density at radius 1 is 1.36 bits per heavy atom. The summed E-state index contributed by atoms with van der Waals surface area (Å²) in [6.07, 6.45) is 5.82. The monoisotopic (exact) mass is 323 g/mol. The maximum absolute atomic E-state index is 13.3. The van der Waals surface area contributed by atoms with Crippen LogP contribution in [0.4, 0.5) is 4.39 Å². The summed E-state index contributed by atoms with van der Waals surface area (Å²) < 4.78 is 44.3. The Morgan fingerprint density at radius 2 is 2.18 bits per heavy atom. The smallest absolute Gasteiger partial charge is 0.185 e. The molecule has 6 heteroatoms. The van der Waals surface area contributed by atoms with E-state index >= 15 is 0 Å². The molecule has 0 radical (unpaired) electrons. The van der Waals surface area contributed by atoms with E-state index in [4.69, 9.17) is 10.5 Å². The number of hydrogen-bond acceptors (Lipinski definition) is 4. The van der Waals surface area contributed by atoms with Crippen molar-refractivity contribution in [1.29, 1.82) is 0 Å². The van der Waals surface area contributed by atoms with Crippen LogP contribution >= 0.6 is 0 Å². The van der Waals surface area contributed by atoms with Gasteiger partial charge in [-0.25, -0.2) is 12.8 Å². The largest absolute Gasteiger partial charge is 0.489 e. The van der Waals surface area contributed by atoms with Crippen molar-refractivity contribution in [3.05, 3.63) is 47.8 Å². The first-order valence-electron chi connectivity index (χ1n) is 7.28. The van der Waals surface area contributed by atoms with Gasteiger partial charge in [-0.2, -0.15) is 0 Å². The highest BCUT2D eigenvalue weighted by atomic mass is 32.2. The Morgan fingerprint density at radius 3 is 2.91 bits per heavy atom. The fourth-order valence-corrected chi connectivity index (χ4v) is 4.31. The average molecular weight is 323 g/mol. The molecule has 2 N–H and O–H groups in total. The molecule has 1 aliphatic carbocycles. The molecule has 0 saturated carbocycles. The molecule has 22 heavy (non-hydrogen) atoms. The first-order valence-corrected chi connectivity index (χ1v) is 8.83. The van der Waals surface area contributed by atoms with Crippen LogP contribution in [-0.2, 0) is 16.3 Å². The Bertz CT molecular complexity index is 740. The molecule has 0 aromatic heterocycles. The number of hydrogen-bond donors (Lipinski definition) is 1. The van der Waals surface area contributed by atoms with Gasteiger partial charge in [0.25, 0.3) is 0 Å². The van der Waals surface area contributed by atoms with Gasteiger partial charge in [0.15, 0.2) is 9.84 Å². The van der Waals surface area contributed by atoms with Crippen molar-refractivity contribution in [2.45, 2.75) is 35.5 Å². The second kappa shape index (κ2) is 5.85. The fourth-order valence-electron chi connectivity index (χ4n) is 2.76. The summed E-state index contributed by atoms with van der Waals surface area (Å²) >= 11 is 0. The van der Waals surface area contributed by atoms with E-state index in [1.54, 1.807) is 12.1 Å². The molecule has 0 bridgehead atoms. The molecule has 1 aliphatic heterocycles. The minimum atomic E-state index is -3.63. The predicted molar refractivity (Wildman–Crippen MR) is 82.2 cm³/mol. The number of rotatable bonds is 3. The van der Waals surface area contributed by atoms with E-state index in [0.717, 1.165) is 24.5 Å².